The number of piperazine rings is 1. The van der Waals surface area contributed by atoms with Crippen LogP contribution in [0.4, 0.5) is 5.69 Å². The lowest BCUT2D eigenvalue weighted by molar-refractivity contribution is -0.135. The van der Waals surface area contributed by atoms with Gasteiger partial charge in [0.2, 0.25) is 5.91 Å². The van der Waals surface area contributed by atoms with Crippen molar-refractivity contribution in [1.82, 2.24) is 15.2 Å². The highest BCUT2D eigenvalue weighted by atomic mass is 16.5. The summed E-state index contributed by atoms with van der Waals surface area (Å²) in [4.78, 5) is 21.1. The maximum absolute atomic E-state index is 12.9. The van der Waals surface area contributed by atoms with Crippen molar-refractivity contribution in [2.24, 2.45) is 0 Å². The number of rotatable bonds is 8. The molecule has 3 heterocycles. The average Bonchev–Trinajstić information content (AvgIpc) is 3.12. The Bertz CT molecular complexity index is 907. The number of pyridine rings is 1. The summed E-state index contributed by atoms with van der Waals surface area (Å²) in [6.07, 6.45) is -1.67. The molecule has 4 atom stereocenters. The Hall–Kier alpha value is -2.72. The van der Waals surface area contributed by atoms with E-state index < -0.39 is 24.4 Å². The van der Waals surface area contributed by atoms with Crippen molar-refractivity contribution >= 4 is 11.6 Å². The molecule has 9 heteroatoms. The highest BCUT2D eigenvalue weighted by Crippen LogP contribution is 2.29. The number of nitrogens with zero attached hydrogens (tertiary/aromatic N) is 3. The van der Waals surface area contributed by atoms with Gasteiger partial charge in [-0.3, -0.25) is 9.78 Å². The standard InChI is InChI=1S/C24H32N4O5/c1-32-19-8-3-2-7-18(19)27-10-12-28(13-11-27)22(29)14-20-23(30)24(31)21(33-20)16-25-15-17-6-4-5-9-26-17/h2-9,20-21,23-25,30-31H,10-16H2,1H3/t20-,21+,23-,24+/m0/s1. The van der Waals surface area contributed by atoms with Crippen LogP contribution in [0.5, 0.6) is 5.75 Å². The third-order valence-electron chi connectivity index (χ3n) is 6.27. The number of ether oxygens (including phenoxy) is 2. The lowest BCUT2D eigenvalue weighted by Gasteiger charge is -2.37. The molecule has 0 unspecified atom stereocenters. The minimum atomic E-state index is -1.09. The van der Waals surface area contributed by atoms with Crippen LogP contribution in [0.2, 0.25) is 0 Å². The van der Waals surface area contributed by atoms with Gasteiger partial charge >= 0.3 is 0 Å². The van der Waals surface area contributed by atoms with Crippen molar-refractivity contribution in [3.8, 4) is 5.75 Å². The fraction of sp³-hybridized carbons (Fsp3) is 0.500. The molecule has 1 amide bonds. The van der Waals surface area contributed by atoms with Gasteiger partial charge in [0.1, 0.15) is 18.0 Å². The van der Waals surface area contributed by atoms with Crippen LogP contribution in [0.3, 0.4) is 0 Å². The second-order valence-electron chi connectivity index (χ2n) is 8.39. The highest BCUT2D eigenvalue weighted by molar-refractivity contribution is 5.77. The molecular weight excluding hydrogens is 424 g/mol. The molecule has 2 saturated heterocycles. The van der Waals surface area contributed by atoms with E-state index in [1.807, 2.05) is 42.5 Å². The molecule has 1 aromatic carbocycles. The van der Waals surface area contributed by atoms with E-state index in [9.17, 15) is 15.0 Å². The Morgan fingerprint density at radius 2 is 1.82 bits per heavy atom. The third-order valence-corrected chi connectivity index (χ3v) is 6.27. The van der Waals surface area contributed by atoms with E-state index in [2.05, 4.69) is 15.2 Å². The van der Waals surface area contributed by atoms with Crippen LogP contribution in [0, 0.1) is 0 Å². The van der Waals surface area contributed by atoms with Gasteiger partial charge in [-0.15, -0.1) is 0 Å². The van der Waals surface area contributed by atoms with Gasteiger partial charge in [0.05, 0.1) is 37.1 Å². The number of para-hydroxylation sites is 2. The van der Waals surface area contributed by atoms with Crippen molar-refractivity contribution in [3.63, 3.8) is 0 Å². The number of methoxy groups -OCH3 is 1. The summed E-state index contributed by atoms with van der Waals surface area (Å²) in [5.41, 5.74) is 1.90. The van der Waals surface area contributed by atoms with Crippen LogP contribution in [0.15, 0.2) is 48.7 Å². The Morgan fingerprint density at radius 1 is 1.09 bits per heavy atom. The number of hydrogen-bond donors (Lipinski definition) is 3. The number of nitrogens with one attached hydrogen (secondary N) is 1. The zero-order chi connectivity index (χ0) is 23.2. The van der Waals surface area contributed by atoms with Crippen LogP contribution < -0.4 is 15.0 Å². The van der Waals surface area contributed by atoms with Gasteiger partial charge in [0.15, 0.2) is 0 Å². The molecule has 0 aliphatic carbocycles. The van der Waals surface area contributed by atoms with Gasteiger partial charge in [-0.2, -0.15) is 0 Å². The molecule has 0 bridgehead atoms. The van der Waals surface area contributed by atoms with E-state index in [0.29, 0.717) is 39.3 Å². The number of aliphatic hydroxyl groups is 2. The zero-order valence-electron chi connectivity index (χ0n) is 18.8. The van der Waals surface area contributed by atoms with E-state index in [1.165, 1.54) is 0 Å². The lowest BCUT2D eigenvalue weighted by atomic mass is 10.0. The van der Waals surface area contributed by atoms with E-state index in [1.54, 1.807) is 18.2 Å². The van der Waals surface area contributed by atoms with Crippen molar-refractivity contribution in [2.75, 3.05) is 44.7 Å². The fourth-order valence-corrected chi connectivity index (χ4v) is 4.40. The number of aliphatic hydroxyl groups excluding tert-OH is 2. The van der Waals surface area contributed by atoms with Crippen molar-refractivity contribution in [3.05, 3.63) is 54.4 Å². The quantitative estimate of drug-likeness (QED) is 0.524. The molecule has 2 aliphatic rings. The summed E-state index contributed by atoms with van der Waals surface area (Å²) in [5, 5.41) is 24.0. The zero-order valence-corrected chi connectivity index (χ0v) is 18.8. The van der Waals surface area contributed by atoms with Crippen molar-refractivity contribution in [2.45, 2.75) is 37.4 Å². The smallest absolute Gasteiger partial charge is 0.225 e. The molecule has 9 nitrogen and oxygen atoms in total. The largest absolute Gasteiger partial charge is 0.495 e. The summed E-state index contributed by atoms with van der Waals surface area (Å²) in [6.45, 7) is 3.45. The van der Waals surface area contributed by atoms with Crippen LogP contribution in [-0.4, -0.2) is 90.3 Å². The number of amides is 1. The lowest BCUT2D eigenvalue weighted by Crippen LogP contribution is -2.50. The number of aromatic nitrogens is 1. The van der Waals surface area contributed by atoms with Gasteiger partial charge in [0.25, 0.3) is 0 Å². The number of hydrogen-bond acceptors (Lipinski definition) is 8. The van der Waals surface area contributed by atoms with Gasteiger partial charge in [-0.05, 0) is 24.3 Å². The second-order valence-corrected chi connectivity index (χ2v) is 8.39. The Morgan fingerprint density at radius 3 is 2.55 bits per heavy atom. The van der Waals surface area contributed by atoms with Crippen LogP contribution in [-0.2, 0) is 16.1 Å². The Balaban J connectivity index is 1.24. The van der Waals surface area contributed by atoms with E-state index in [4.69, 9.17) is 9.47 Å². The van der Waals surface area contributed by atoms with Crippen molar-refractivity contribution in [1.29, 1.82) is 0 Å². The SMILES string of the molecule is COc1ccccc1N1CCN(C(=O)C[C@@H]2O[C@H](CNCc3ccccn3)[C@@H](O)[C@H]2O)CC1. The molecule has 1 aromatic heterocycles. The van der Waals surface area contributed by atoms with Gasteiger partial charge in [-0.1, -0.05) is 18.2 Å². The van der Waals surface area contributed by atoms with E-state index in [-0.39, 0.29) is 12.3 Å². The average molecular weight is 457 g/mol. The fourth-order valence-electron chi connectivity index (χ4n) is 4.40. The number of anilines is 1. The van der Waals surface area contributed by atoms with Gasteiger partial charge < -0.3 is 34.8 Å². The second kappa shape index (κ2) is 10.9. The van der Waals surface area contributed by atoms with Gasteiger partial charge in [-0.25, -0.2) is 0 Å². The van der Waals surface area contributed by atoms with Crippen molar-refractivity contribution < 1.29 is 24.5 Å². The monoisotopic (exact) mass is 456 g/mol. The van der Waals surface area contributed by atoms with Crippen LogP contribution in [0.25, 0.3) is 0 Å². The molecule has 178 valence electrons. The Labute approximate surface area is 193 Å². The minimum Gasteiger partial charge on any atom is -0.495 e. The first kappa shape index (κ1) is 23.4. The maximum atomic E-state index is 12.9. The van der Waals surface area contributed by atoms with E-state index in [0.717, 1.165) is 17.1 Å². The molecule has 0 radical (unpaired) electrons. The molecule has 33 heavy (non-hydrogen) atoms. The summed E-state index contributed by atoms with van der Waals surface area (Å²) in [7, 11) is 1.65. The van der Waals surface area contributed by atoms with E-state index >= 15 is 0 Å². The summed E-state index contributed by atoms with van der Waals surface area (Å²) >= 11 is 0. The Kier molecular flexibility index (Phi) is 7.77. The topological polar surface area (TPSA) is 107 Å². The number of carbonyl (C=O) groups is 1. The molecule has 2 aromatic rings. The first-order valence-electron chi connectivity index (χ1n) is 11.3. The highest BCUT2D eigenvalue weighted by Gasteiger charge is 2.43. The molecule has 0 saturated carbocycles. The summed E-state index contributed by atoms with van der Waals surface area (Å²) in [5.74, 6) is 0.740. The first-order valence-corrected chi connectivity index (χ1v) is 11.3. The molecular formula is C24H32N4O5. The normalized spacial score (nSPS) is 25.3. The molecule has 3 N–H and O–H groups in total. The van der Waals surface area contributed by atoms with Gasteiger partial charge in [0, 0.05) is 45.5 Å². The molecule has 4 rings (SSSR count). The molecule has 2 aliphatic heterocycles. The predicted molar refractivity (Wildman–Crippen MR) is 123 cm³/mol. The minimum absolute atomic E-state index is 0.0453. The number of carbonyl (C=O) groups excluding carboxylic acids is 1. The van der Waals surface area contributed by atoms with Crippen LogP contribution in [0.1, 0.15) is 12.1 Å². The summed E-state index contributed by atoms with van der Waals surface area (Å²) < 4.78 is 11.3. The van der Waals surface area contributed by atoms with Crippen LogP contribution >= 0.6 is 0 Å². The molecule has 0 spiro atoms. The third kappa shape index (κ3) is 5.62. The summed E-state index contributed by atoms with van der Waals surface area (Å²) in [6, 6.07) is 13.5. The predicted octanol–water partition coefficient (Wildman–Crippen LogP) is 0.408. The maximum Gasteiger partial charge on any atom is 0.225 e. The number of benzene rings is 1. The molecule has 2 fully saturated rings. The first-order chi connectivity index (χ1) is 16.1.